The minimum Gasteiger partial charge on any atom is -0.456 e. The van der Waals surface area contributed by atoms with Gasteiger partial charge in [0.25, 0.3) is 0 Å². The second kappa shape index (κ2) is 9.18. The molecule has 0 aliphatic heterocycles. The van der Waals surface area contributed by atoms with Crippen LogP contribution in [0.15, 0.2) is 153 Å². The van der Waals surface area contributed by atoms with Gasteiger partial charge in [-0.2, -0.15) is 0 Å². The predicted octanol–water partition coefficient (Wildman–Crippen LogP) is 11.8. The summed E-state index contributed by atoms with van der Waals surface area (Å²) in [4.78, 5) is 5.11. The molecule has 0 saturated heterocycles. The van der Waals surface area contributed by atoms with Gasteiger partial charge < -0.3 is 13.3 Å². The molecule has 4 heterocycles. The molecule has 210 valence electrons. The first kappa shape index (κ1) is 24.3. The standard InChI is InChI=1S/C41H23NO3/c1-3-11-24(12-4-1)31-21-26(22-32(42-31)25-13-5-2-6-14-25)30-23-36-38(37-29-16-8-10-18-34(29)45-41(30)37)39-35(43-36)20-19-28-27-15-7-9-17-33(27)44-40(28)39/h1-23H. The summed E-state index contributed by atoms with van der Waals surface area (Å²) < 4.78 is 19.9. The van der Waals surface area contributed by atoms with Crippen molar-refractivity contribution in [3.8, 4) is 33.6 Å². The molecule has 0 N–H and O–H groups in total. The van der Waals surface area contributed by atoms with Gasteiger partial charge in [-0.25, -0.2) is 4.98 Å². The van der Waals surface area contributed by atoms with Crippen molar-refractivity contribution in [1.29, 1.82) is 0 Å². The summed E-state index contributed by atoms with van der Waals surface area (Å²) in [5, 5.41) is 6.18. The van der Waals surface area contributed by atoms with E-state index in [1.807, 2.05) is 66.7 Å². The zero-order chi connectivity index (χ0) is 29.5. The van der Waals surface area contributed by atoms with Crippen molar-refractivity contribution < 1.29 is 13.3 Å². The van der Waals surface area contributed by atoms with E-state index in [-0.39, 0.29) is 0 Å². The molecule has 0 spiro atoms. The maximum absolute atomic E-state index is 6.73. The van der Waals surface area contributed by atoms with Gasteiger partial charge >= 0.3 is 0 Å². The van der Waals surface area contributed by atoms with Crippen molar-refractivity contribution in [2.45, 2.75) is 0 Å². The SMILES string of the molecule is c1ccc(-c2cc(-c3cc4oc5ccc6c7ccccc7oc6c5c4c4c3oc3ccccc34)cc(-c3ccccc3)n2)cc1. The molecule has 0 bridgehead atoms. The molecule has 4 aromatic heterocycles. The van der Waals surface area contributed by atoms with Crippen LogP contribution in [-0.4, -0.2) is 4.98 Å². The summed E-state index contributed by atoms with van der Waals surface area (Å²) in [6, 6.07) is 47.6. The molecule has 0 aliphatic rings. The van der Waals surface area contributed by atoms with Gasteiger partial charge in [0.1, 0.15) is 33.5 Å². The highest BCUT2D eigenvalue weighted by atomic mass is 16.3. The van der Waals surface area contributed by atoms with Gasteiger partial charge in [0.15, 0.2) is 0 Å². The van der Waals surface area contributed by atoms with Crippen molar-refractivity contribution in [1.82, 2.24) is 4.98 Å². The molecule has 45 heavy (non-hydrogen) atoms. The number of hydrogen-bond acceptors (Lipinski definition) is 4. The van der Waals surface area contributed by atoms with Crippen LogP contribution >= 0.6 is 0 Å². The first-order valence-electron chi connectivity index (χ1n) is 15.0. The molecule has 0 fully saturated rings. The lowest BCUT2D eigenvalue weighted by molar-refractivity contribution is 0.660. The van der Waals surface area contributed by atoms with Crippen molar-refractivity contribution in [3.63, 3.8) is 0 Å². The predicted molar refractivity (Wildman–Crippen MR) is 182 cm³/mol. The van der Waals surface area contributed by atoms with Crippen molar-refractivity contribution in [2.75, 3.05) is 0 Å². The number of para-hydroxylation sites is 2. The lowest BCUT2D eigenvalue weighted by Gasteiger charge is -2.11. The fourth-order valence-corrected chi connectivity index (χ4v) is 6.83. The van der Waals surface area contributed by atoms with E-state index in [1.54, 1.807) is 0 Å². The van der Waals surface area contributed by atoms with Crippen LogP contribution in [0.4, 0.5) is 0 Å². The number of fused-ring (bicyclic) bond motifs is 11. The van der Waals surface area contributed by atoms with Gasteiger partial charge in [0, 0.05) is 43.6 Å². The average Bonchev–Trinajstić information content (AvgIpc) is 3.79. The van der Waals surface area contributed by atoms with Crippen LogP contribution in [0.2, 0.25) is 0 Å². The molecule has 0 radical (unpaired) electrons. The number of hydrogen-bond donors (Lipinski definition) is 0. The third kappa shape index (κ3) is 3.57. The van der Waals surface area contributed by atoms with Gasteiger partial charge in [-0.1, -0.05) is 97.1 Å². The zero-order valence-electron chi connectivity index (χ0n) is 24.0. The van der Waals surface area contributed by atoms with Gasteiger partial charge in [-0.05, 0) is 48.0 Å². The monoisotopic (exact) mass is 577 g/mol. The Morgan fingerprint density at radius 3 is 1.67 bits per heavy atom. The van der Waals surface area contributed by atoms with Crippen molar-refractivity contribution >= 4 is 65.8 Å². The van der Waals surface area contributed by atoms with Gasteiger partial charge in [-0.3, -0.25) is 0 Å². The largest absolute Gasteiger partial charge is 0.456 e. The Hall–Kier alpha value is -6.13. The van der Waals surface area contributed by atoms with E-state index in [2.05, 4.69) is 72.8 Å². The molecule has 10 aromatic rings. The number of pyridine rings is 1. The maximum atomic E-state index is 6.73. The summed E-state index contributed by atoms with van der Waals surface area (Å²) in [6.45, 7) is 0. The molecule has 0 aliphatic carbocycles. The van der Waals surface area contributed by atoms with Crippen LogP contribution < -0.4 is 0 Å². The molecule has 0 saturated carbocycles. The highest BCUT2D eigenvalue weighted by Crippen LogP contribution is 2.47. The third-order valence-corrected chi connectivity index (χ3v) is 8.87. The fraction of sp³-hybridized carbons (Fsp3) is 0. The average molecular weight is 578 g/mol. The highest BCUT2D eigenvalue weighted by Gasteiger charge is 2.24. The Kier molecular flexibility index (Phi) is 4.96. The first-order chi connectivity index (χ1) is 22.3. The quantitative estimate of drug-likeness (QED) is 0.210. The Balaban J connectivity index is 1.35. The summed E-state index contributed by atoms with van der Waals surface area (Å²) in [7, 11) is 0. The minimum atomic E-state index is 0.782. The molecule has 4 nitrogen and oxygen atoms in total. The Labute approximate surface area is 256 Å². The van der Waals surface area contributed by atoms with E-state index in [9.17, 15) is 0 Å². The van der Waals surface area contributed by atoms with Crippen LogP contribution in [0, 0.1) is 0 Å². The lowest BCUT2D eigenvalue weighted by atomic mass is 9.95. The summed E-state index contributed by atoms with van der Waals surface area (Å²) in [6.07, 6.45) is 0. The fourth-order valence-electron chi connectivity index (χ4n) is 6.83. The van der Waals surface area contributed by atoms with Crippen LogP contribution in [0.3, 0.4) is 0 Å². The van der Waals surface area contributed by atoms with Crippen molar-refractivity contribution in [2.24, 2.45) is 0 Å². The van der Waals surface area contributed by atoms with Crippen LogP contribution in [0.1, 0.15) is 0 Å². The van der Waals surface area contributed by atoms with Crippen LogP contribution in [-0.2, 0) is 0 Å². The molecule has 10 rings (SSSR count). The van der Waals surface area contributed by atoms with E-state index in [4.69, 9.17) is 18.2 Å². The summed E-state index contributed by atoms with van der Waals surface area (Å²) in [5.74, 6) is 0. The van der Waals surface area contributed by atoms with E-state index in [0.717, 1.165) is 99.5 Å². The molecular weight excluding hydrogens is 554 g/mol. The van der Waals surface area contributed by atoms with Crippen LogP contribution in [0.25, 0.3) is 99.5 Å². The third-order valence-electron chi connectivity index (χ3n) is 8.87. The van der Waals surface area contributed by atoms with Gasteiger partial charge in [0.2, 0.25) is 0 Å². The molecule has 0 unspecified atom stereocenters. The summed E-state index contributed by atoms with van der Waals surface area (Å²) >= 11 is 0. The number of aromatic nitrogens is 1. The molecule has 0 amide bonds. The summed E-state index contributed by atoms with van der Waals surface area (Å²) in [5.41, 5.74) is 10.7. The number of nitrogens with zero attached hydrogens (tertiary/aromatic N) is 1. The Morgan fingerprint density at radius 1 is 0.356 bits per heavy atom. The first-order valence-corrected chi connectivity index (χ1v) is 15.0. The molecule has 6 aromatic carbocycles. The Bertz CT molecular complexity index is 2690. The molecular formula is C41H23NO3. The van der Waals surface area contributed by atoms with E-state index in [1.165, 1.54) is 0 Å². The van der Waals surface area contributed by atoms with Crippen molar-refractivity contribution in [3.05, 3.63) is 140 Å². The molecule has 4 heteroatoms. The Morgan fingerprint density at radius 2 is 0.956 bits per heavy atom. The second-order valence-electron chi connectivity index (χ2n) is 11.5. The number of benzene rings is 6. The number of rotatable bonds is 3. The maximum Gasteiger partial charge on any atom is 0.147 e. The topological polar surface area (TPSA) is 52.3 Å². The zero-order valence-corrected chi connectivity index (χ0v) is 24.0. The van der Waals surface area contributed by atoms with Gasteiger partial charge in [-0.15, -0.1) is 0 Å². The van der Waals surface area contributed by atoms with Gasteiger partial charge in [0.05, 0.1) is 16.8 Å². The smallest absolute Gasteiger partial charge is 0.147 e. The van der Waals surface area contributed by atoms with E-state index in [0.29, 0.717) is 0 Å². The minimum absolute atomic E-state index is 0.782. The molecule has 0 atom stereocenters. The lowest BCUT2D eigenvalue weighted by Crippen LogP contribution is -1.91. The highest BCUT2D eigenvalue weighted by molar-refractivity contribution is 6.33. The van der Waals surface area contributed by atoms with E-state index < -0.39 is 0 Å². The second-order valence-corrected chi connectivity index (χ2v) is 11.5. The number of furan rings is 3. The normalized spacial score (nSPS) is 12.0. The van der Waals surface area contributed by atoms with E-state index >= 15 is 0 Å². The van der Waals surface area contributed by atoms with Crippen LogP contribution in [0.5, 0.6) is 0 Å².